The van der Waals surface area contributed by atoms with Crippen molar-refractivity contribution in [3.63, 3.8) is 0 Å². The van der Waals surface area contributed by atoms with Crippen LogP contribution in [0.3, 0.4) is 0 Å². The second-order valence-corrected chi connectivity index (χ2v) is 5.65. The topological polar surface area (TPSA) is 12.0 Å². The zero-order valence-electron chi connectivity index (χ0n) is 8.71. The fourth-order valence-electron chi connectivity index (χ4n) is 1.45. The van der Waals surface area contributed by atoms with Gasteiger partial charge in [0.05, 0.1) is 10.7 Å². The lowest BCUT2D eigenvalue weighted by atomic mass is 10.1. The third kappa shape index (κ3) is 2.78. The lowest BCUT2D eigenvalue weighted by molar-refractivity contribution is 0.890. The van der Waals surface area contributed by atoms with Crippen LogP contribution >= 0.6 is 38.9 Å². The molecular formula is C12H11BrClNS. The van der Waals surface area contributed by atoms with Crippen molar-refractivity contribution in [1.82, 2.24) is 0 Å². The molecule has 0 aliphatic rings. The van der Waals surface area contributed by atoms with Gasteiger partial charge in [0.25, 0.3) is 0 Å². The van der Waals surface area contributed by atoms with E-state index < -0.39 is 0 Å². The Labute approximate surface area is 113 Å². The van der Waals surface area contributed by atoms with Crippen molar-refractivity contribution in [3.8, 4) is 0 Å². The van der Waals surface area contributed by atoms with Crippen molar-refractivity contribution in [2.75, 3.05) is 5.32 Å². The molecule has 1 nitrogen and oxygen atoms in total. The van der Waals surface area contributed by atoms with Gasteiger partial charge < -0.3 is 5.32 Å². The molecule has 1 aromatic carbocycles. The molecule has 0 bridgehead atoms. The minimum atomic E-state index is 0.262. The van der Waals surface area contributed by atoms with Gasteiger partial charge in [0.2, 0.25) is 0 Å². The van der Waals surface area contributed by atoms with Crippen LogP contribution in [-0.4, -0.2) is 0 Å². The van der Waals surface area contributed by atoms with E-state index in [-0.39, 0.29) is 6.04 Å². The molecule has 84 valence electrons. The van der Waals surface area contributed by atoms with Crippen LogP contribution in [0, 0.1) is 0 Å². The van der Waals surface area contributed by atoms with E-state index in [4.69, 9.17) is 11.6 Å². The maximum absolute atomic E-state index is 6.12. The van der Waals surface area contributed by atoms with Crippen molar-refractivity contribution < 1.29 is 0 Å². The van der Waals surface area contributed by atoms with Gasteiger partial charge in [-0.15, -0.1) is 0 Å². The van der Waals surface area contributed by atoms with Crippen molar-refractivity contribution >= 4 is 44.6 Å². The smallest absolute Gasteiger partial charge is 0.0638 e. The fourth-order valence-corrected chi connectivity index (χ4v) is 2.73. The van der Waals surface area contributed by atoms with Crippen molar-refractivity contribution in [1.29, 1.82) is 0 Å². The van der Waals surface area contributed by atoms with E-state index in [1.54, 1.807) is 11.3 Å². The molecule has 0 spiro atoms. The van der Waals surface area contributed by atoms with Crippen LogP contribution in [-0.2, 0) is 0 Å². The number of anilines is 1. The molecule has 1 N–H and O–H groups in total. The van der Waals surface area contributed by atoms with Gasteiger partial charge >= 0.3 is 0 Å². The van der Waals surface area contributed by atoms with Crippen LogP contribution in [0.2, 0.25) is 5.02 Å². The van der Waals surface area contributed by atoms with Gasteiger partial charge in [0, 0.05) is 10.5 Å². The molecule has 0 fully saturated rings. The van der Waals surface area contributed by atoms with Crippen LogP contribution in [0.5, 0.6) is 0 Å². The van der Waals surface area contributed by atoms with E-state index in [9.17, 15) is 0 Å². The van der Waals surface area contributed by atoms with Crippen LogP contribution in [0.25, 0.3) is 0 Å². The van der Waals surface area contributed by atoms with Crippen LogP contribution in [0.15, 0.2) is 39.5 Å². The number of thiophene rings is 1. The molecule has 1 aromatic heterocycles. The van der Waals surface area contributed by atoms with E-state index in [1.807, 2.05) is 18.2 Å². The first-order valence-electron chi connectivity index (χ1n) is 4.90. The predicted molar refractivity (Wildman–Crippen MR) is 75.5 cm³/mol. The summed E-state index contributed by atoms with van der Waals surface area (Å²) in [6.07, 6.45) is 0. The van der Waals surface area contributed by atoms with Crippen LogP contribution < -0.4 is 5.32 Å². The Kier molecular flexibility index (Phi) is 3.90. The summed E-state index contributed by atoms with van der Waals surface area (Å²) in [6.45, 7) is 2.12. The molecule has 16 heavy (non-hydrogen) atoms. The fraction of sp³-hybridized carbons (Fsp3) is 0.167. The number of rotatable bonds is 3. The maximum Gasteiger partial charge on any atom is 0.0638 e. The van der Waals surface area contributed by atoms with E-state index in [2.05, 4.69) is 45.0 Å². The van der Waals surface area contributed by atoms with Crippen LogP contribution in [0.1, 0.15) is 18.5 Å². The summed E-state index contributed by atoms with van der Waals surface area (Å²) in [5.74, 6) is 0. The molecule has 1 heterocycles. The zero-order chi connectivity index (χ0) is 11.5. The molecule has 0 amide bonds. The average molecular weight is 317 g/mol. The molecule has 0 aliphatic carbocycles. The van der Waals surface area contributed by atoms with Gasteiger partial charge in [-0.2, -0.15) is 11.3 Å². The SMILES string of the molecule is CC(Nc1cc(Br)ccc1Cl)c1ccsc1. The molecule has 4 heteroatoms. The predicted octanol–water partition coefficient (Wildman–Crippen LogP) is 5.34. The van der Waals surface area contributed by atoms with Gasteiger partial charge in [0.15, 0.2) is 0 Å². The highest BCUT2D eigenvalue weighted by molar-refractivity contribution is 9.10. The quantitative estimate of drug-likeness (QED) is 0.806. The minimum absolute atomic E-state index is 0.262. The molecule has 2 rings (SSSR count). The highest BCUT2D eigenvalue weighted by Gasteiger charge is 2.08. The third-order valence-corrected chi connectivity index (χ3v) is 3.87. The van der Waals surface area contributed by atoms with Crippen molar-refractivity contribution in [2.24, 2.45) is 0 Å². The Morgan fingerprint density at radius 2 is 2.19 bits per heavy atom. The summed E-state index contributed by atoms with van der Waals surface area (Å²) in [6, 6.07) is 8.19. The number of nitrogens with one attached hydrogen (secondary N) is 1. The van der Waals surface area contributed by atoms with Gasteiger partial charge in [0.1, 0.15) is 0 Å². The van der Waals surface area contributed by atoms with Gasteiger partial charge in [-0.3, -0.25) is 0 Å². The number of hydrogen-bond acceptors (Lipinski definition) is 2. The standard InChI is InChI=1S/C12H11BrClNS/c1-8(9-4-5-16-7-9)15-12-6-10(13)2-3-11(12)14/h2-8,15H,1H3. The van der Waals surface area contributed by atoms with Crippen LogP contribution in [0.4, 0.5) is 5.69 Å². The Hall–Kier alpha value is -0.510. The normalized spacial score (nSPS) is 12.4. The van der Waals surface area contributed by atoms with E-state index in [0.29, 0.717) is 0 Å². The van der Waals surface area contributed by atoms with Gasteiger partial charge in [-0.05, 0) is 47.5 Å². The summed E-state index contributed by atoms with van der Waals surface area (Å²) in [4.78, 5) is 0. The zero-order valence-corrected chi connectivity index (χ0v) is 11.9. The van der Waals surface area contributed by atoms with Crippen molar-refractivity contribution in [3.05, 3.63) is 50.1 Å². The Morgan fingerprint density at radius 3 is 2.88 bits per heavy atom. The summed E-state index contributed by atoms with van der Waals surface area (Å²) in [5, 5.41) is 8.36. The lowest BCUT2D eigenvalue weighted by Gasteiger charge is -2.15. The molecule has 0 saturated carbocycles. The molecule has 2 aromatic rings. The lowest BCUT2D eigenvalue weighted by Crippen LogP contribution is -2.05. The van der Waals surface area contributed by atoms with Gasteiger partial charge in [-0.1, -0.05) is 27.5 Å². The van der Waals surface area contributed by atoms with Gasteiger partial charge in [-0.25, -0.2) is 0 Å². The summed E-state index contributed by atoms with van der Waals surface area (Å²) < 4.78 is 1.02. The van der Waals surface area contributed by atoms with E-state index in [0.717, 1.165) is 15.2 Å². The molecule has 0 saturated heterocycles. The number of benzene rings is 1. The first-order valence-corrected chi connectivity index (χ1v) is 7.02. The Bertz CT molecular complexity index is 470. The molecule has 0 aliphatic heterocycles. The second-order valence-electron chi connectivity index (χ2n) is 3.55. The maximum atomic E-state index is 6.12. The molecule has 0 radical (unpaired) electrons. The summed E-state index contributed by atoms with van der Waals surface area (Å²) in [5.41, 5.74) is 2.23. The highest BCUT2D eigenvalue weighted by atomic mass is 79.9. The first-order chi connectivity index (χ1) is 7.66. The summed E-state index contributed by atoms with van der Waals surface area (Å²) in [7, 11) is 0. The second kappa shape index (κ2) is 5.21. The number of halogens is 2. The Balaban J connectivity index is 2.17. The highest BCUT2D eigenvalue weighted by Crippen LogP contribution is 2.29. The molecule has 1 atom stereocenters. The Morgan fingerprint density at radius 1 is 1.38 bits per heavy atom. The third-order valence-electron chi connectivity index (χ3n) is 2.34. The average Bonchev–Trinajstić information content (AvgIpc) is 2.76. The largest absolute Gasteiger partial charge is 0.377 e. The summed E-state index contributed by atoms with van der Waals surface area (Å²) >= 11 is 11.3. The van der Waals surface area contributed by atoms with E-state index in [1.165, 1.54) is 5.56 Å². The molecular weight excluding hydrogens is 306 g/mol. The van der Waals surface area contributed by atoms with E-state index >= 15 is 0 Å². The van der Waals surface area contributed by atoms with Crippen molar-refractivity contribution in [2.45, 2.75) is 13.0 Å². The number of hydrogen-bond donors (Lipinski definition) is 1. The molecule has 1 unspecified atom stereocenters. The monoisotopic (exact) mass is 315 g/mol. The first kappa shape index (κ1) is 12.0. The minimum Gasteiger partial charge on any atom is -0.377 e.